The molecule has 2 amide bonds. The highest BCUT2D eigenvalue weighted by Crippen LogP contribution is 2.08. The lowest BCUT2D eigenvalue weighted by atomic mass is 10.00. The van der Waals surface area contributed by atoms with E-state index in [1.807, 2.05) is 50.2 Å². The normalized spacial score (nSPS) is 11.5. The van der Waals surface area contributed by atoms with Crippen molar-refractivity contribution in [2.24, 2.45) is 5.92 Å². The maximum Gasteiger partial charge on any atom is 0.239 e. The molecule has 0 aliphatic rings. The monoisotopic (exact) mass is 273 g/mol. The SMILES string of the molecule is CC(C)NC(=O)CNC(=O)C(C#N)Cc1ccccc1. The molecule has 0 aliphatic heterocycles. The van der Waals surface area contributed by atoms with E-state index in [1.54, 1.807) is 0 Å². The highest BCUT2D eigenvalue weighted by molar-refractivity contribution is 5.87. The van der Waals surface area contributed by atoms with Gasteiger partial charge in [-0.2, -0.15) is 5.26 Å². The molecule has 5 nitrogen and oxygen atoms in total. The van der Waals surface area contributed by atoms with Crippen molar-refractivity contribution >= 4 is 11.8 Å². The molecule has 1 atom stereocenters. The summed E-state index contributed by atoms with van der Waals surface area (Å²) in [5.74, 6) is -1.47. The summed E-state index contributed by atoms with van der Waals surface area (Å²) in [7, 11) is 0. The molecule has 0 aliphatic carbocycles. The number of nitriles is 1. The van der Waals surface area contributed by atoms with Crippen molar-refractivity contribution in [3.63, 3.8) is 0 Å². The van der Waals surface area contributed by atoms with Crippen molar-refractivity contribution in [2.45, 2.75) is 26.3 Å². The van der Waals surface area contributed by atoms with Crippen LogP contribution in [0.4, 0.5) is 0 Å². The Kier molecular flexibility index (Phi) is 6.24. The average molecular weight is 273 g/mol. The number of benzene rings is 1. The smallest absolute Gasteiger partial charge is 0.239 e. The van der Waals surface area contributed by atoms with E-state index < -0.39 is 11.8 Å². The number of rotatable bonds is 6. The Bertz CT molecular complexity index is 492. The maximum absolute atomic E-state index is 11.9. The first-order valence-electron chi connectivity index (χ1n) is 6.53. The van der Waals surface area contributed by atoms with Crippen LogP contribution in [0, 0.1) is 17.2 Å². The van der Waals surface area contributed by atoms with E-state index in [2.05, 4.69) is 10.6 Å². The minimum absolute atomic E-state index is 0.0236. The first-order valence-corrected chi connectivity index (χ1v) is 6.53. The van der Waals surface area contributed by atoms with Gasteiger partial charge in [0.15, 0.2) is 0 Å². The molecule has 0 spiro atoms. The van der Waals surface area contributed by atoms with Gasteiger partial charge in [-0.05, 0) is 25.8 Å². The van der Waals surface area contributed by atoms with Gasteiger partial charge in [-0.1, -0.05) is 30.3 Å². The molecule has 0 saturated heterocycles. The van der Waals surface area contributed by atoms with Gasteiger partial charge in [0.2, 0.25) is 11.8 Å². The van der Waals surface area contributed by atoms with Crippen LogP contribution in [0.2, 0.25) is 0 Å². The quantitative estimate of drug-likeness (QED) is 0.811. The van der Waals surface area contributed by atoms with Crippen molar-refractivity contribution in [2.75, 3.05) is 6.54 Å². The summed E-state index contributed by atoms with van der Waals surface area (Å²) in [4.78, 5) is 23.3. The van der Waals surface area contributed by atoms with Gasteiger partial charge in [0.1, 0.15) is 5.92 Å². The third-order valence-electron chi connectivity index (χ3n) is 2.63. The lowest BCUT2D eigenvalue weighted by Gasteiger charge is -2.12. The van der Waals surface area contributed by atoms with Crippen LogP contribution in [-0.2, 0) is 16.0 Å². The molecule has 1 unspecified atom stereocenters. The lowest BCUT2D eigenvalue weighted by Crippen LogP contribution is -2.41. The van der Waals surface area contributed by atoms with Gasteiger partial charge in [0.05, 0.1) is 12.6 Å². The molecule has 0 fully saturated rings. The van der Waals surface area contributed by atoms with E-state index in [0.717, 1.165) is 5.56 Å². The number of nitrogens with one attached hydrogen (secondary N) is 2. The summed E-state index contributed by atoms with van der Waals surface area (Å²) in [6, 6.07) is 11.3. The van der Waals surface area contributed by atoms with Crippen molar-refractivity contribution in [3.05, 3.63) is 35.9 Å². The van der Waals surface area contributed by atoms with Gasteiger partial charge in [-0.15, -0.1) is 0 Å². The zero-order valence-corrected chi connectivity index (χ0v) is 11.7. The van der Waals surface area contributed by atoms with Crippen LogP contribution in [0.15, 0.2) is 30.3 Å². The number of hydrogen-bond acceptors (Lipinski definition) is 3. The van der Waals surface area contributed by atoms with Crippen LogP contribution in [-0.4, -0.2) is 24.4 Å². The molecule has 2 N–H and O–H groups in total. The molecular weight excluding hydrogens is 254 g/mol. The molecule has 20 heavy (non-hydrogen) atoms. The van der Waals surface area contributed by atoms with Crippen molar-refractivity contribution in [1.82, 2.24) is 10.6 Å². The lowest BCUT2D eigenvalue weighted by molar-refractivity contribution is -0.127. The summed E-state index contributed by atoms with van der Waals surface area (Å²) in [5.41, 5.74) is 0.917. The van der Waals surface area contributed by atoms with Crippen LogP contribution in [0.25, 0.3) is 0 Å². The molecule has 1 aromatic rings. The Morgan fingerprint density at radius 1 is 1.25 bits per heavy atom. The standard InChI is InChI=1S/C15H19N3O2/c1-11(2)18-14(19)10-17-15(20)13(9-16)8-12-6-4-3-5-7-12/h3-7,11,13H,8,10H2,1-2H3,(H,17,20)(H,18,19). The van der Waals surface area contributed by atoms with Crippen LogP contribution in [0.3, 0.4) is 0 Å². The Balaban J connectivity index is 2.48. The van der Waals surface area contributed by atoms with Gasteiger partial charge in [0.25, 0.3) is 0 Å². The average Bonchev–Trinajstić information content (AvgIpc) is 2.42. The van der Waals surface area contributed by atoms with Crippen LogP contribution in [0.5, 0.6) is 0 Å². The summed E-state index contributed by atoms with van der Waals surface area (Å²) in [6.07, 6.45) is 0.342. The number of carbonyl (C=O) groups excluding carboxylic acids is 2. The summed E-state index contributed by atoms with van der Waals surface area (Å²) < 4.78 is 0. The molecule has 106 valence electrons. The second kappa shape index (κ2) is 7.95. The van der Waals surface area contributed by atoms with Gasteiger partial charge in [-0.25, -0.2) is 0 Å². The van der Waals surface area contributed by atoms with Crippen molar-refractivity contribution in [1.29, 1.82) is 5.26 Å². The molecule has 0 aromatic heterocycles. The molecule has 0 heterocycles. The van der Waals surface area contributed by atoms with Crippen LogP contribution in [0.1, 0.15) is 19.4 Å². The molecule has 0 bridgehead atoms. The van der Waals surface area contributed by atoms with E-state index >= 15 is 0 Å². The highest BCUT2D eigenvalue weighted by Gasteiger charge is 2.18. The second-order valence-corrected chi connectivity index (χ2v) is 4.81. The molecule has 1 aromatic carbocycles. The minimum atomic E-state index is -0.788. The first kappa shape index (κ1) is 15.7. The molecular formula is C15H19N3O2. The van der Waals surface area contributed by atoms with Crippen molar-refractivity contribution < 1.29 is 9.59 Å². The topological polar surface area (TPSA) is 82.0 Å². The van der Waals surface area contributed by atoms with E-state index in [-0.39, 0.29) is 18.5 Å². The largest absolute Gasteiger partial charge is 0.352 e. The van der Waals surface area contributed by atoms with E-state index in [1.165, 1.54) is 0 Å². The molecule has 1 rings (SSSR count). The fraction of sp³-hybridized carbons (Fsp3) is 0.400. The summed E-state index contributed by atoms with van der Waals surface area (Å²) >= 11 is 0. The predicted octanol–water partition coefficient (Wildman–Crippen LogP) is 1.01. The number of hydrogen-bond donors (Lipinski definition) is 2. The van der Waals surface area contributed by atoms with E-state index in [9.17, 15) is 9.59 Å². The predicted molar refractivity (Wildman–Crippen MR) is 75.5 cm³/mol. The molecule has 0 saturated carbocycles. The zero-order chi connectivity index (χ0) is 15.0. The summed E-state index contributed by atoms with van der Waals surface area (Å²) in [6.45, 7) is 3.57. The molecule has 5 heteroatoms. The Hall–Kier alpha value is -2.35. The van der Waals surface area contributed by atoms with Gasteiger partial charge >= 0.3 is 0 Å². The first-order chi connectivity index (χ1) is 9.52. The van der Waals surface area contributed by atoms with Gasteiger partial charge in [-0.3, -0.25) is 9.59 Å². The number of nitrogens with zero attached hydrogens (tertiary/aromatic N) is 1. The van der Waals surface area contributed by atoms with Crippen molar-refractivity contribution in [3.8, 4) is 6.07 Å². The van der Waals surface area contributed by atoms with E-state index in [0.29, 0.717) is 6.42 Å². The summed E-state index contributed by atoms with van der Waals surface area (Å²) in [5, 5.41) is 14.2. The third-order valence-corrected chi connectivity index (χ3v) is 2.63. The maximum atomic E-state index is 11.9. The van der Waals surface area contributed by atoms with Crippen LogP contribution >= 0.6 is 0 Å². The Morgan fingerprint density at radius 3 is 2.45 bits per heavy atom. The third kappa shape index (κ3) is 5.53. The van der Waals surface area contributed by atoms with Crippen LogP contribution < -0.4 is 10.6 Å². The van der Waals surface area contributed by atoms with Gasteiger partial charge < -0.3 is 10.6 Å². The zero-order valence-electron chi connectivity index (χ0n) is 11.7. The number of amides is 2. The second-order valence-electron chi connectivity index (χ2n) is 4.81. The fourth-order valence-electron chi connectivity index (χ4n) is 1.71. The molecule has 0 radical (unpaired) electrons. The highest BCUT2D eigenvalue weighted by atomic mass is 16.2. The van der Waals surface area contributed by atoms with E-state index in [4.69, 9.17) is 5.26 Å². The number of carbonyl (C=O) groups is 2. The fourth-order valence-corrected chi connectivity index (χ4v) is 1.71. The van der Waals surface area contributed by atoms with Gasteiger partial charge in [0, 0.05) is 6.04 Å². The Morgan fingerprint density at radius 2 is 1.90 bits per heavy atom. The Labute approximate surface area is 119 Å². The minimum Gasteiger partial charge on any atom is -0.352 e.